The molecule has 270 valence electrons. The number of aromatic nitrogens is 2. The fourth-order valence-electron chi connectivity index (χ4n) is 4.85. The van der Waals surface area contributed by atoms with Crippen LogP contribution in [0.3, 0.4) is 0 Å². The lowest BCUT2D eigenvalue weighted by Crippen LogP contribution is -2.33. The monoisotopic (exact) mass is 723 g/mol. The largest absolute Gasteiger partial charge is 0.515 e. The first-order valence-corrected chi connectivity index (χ1v) is 16.1. The van der Waals surface area contributed by atoms with Gasteiger partial charge in [0.2, 0.25) is 0 Å². The molecule has 4 rings (SSSR count). The number of carbonyl (C=O) groups is 2. The molecule has 1 aromatic heterocycles. The number of halogens is 1. The van der Waals surface area contributed by atoms with Crippen LogP contribution >= 0.6 is 11.6 Å². The van der Waals surface area contributed by atoms with Crippen molar-refractivity contribution in [2.75, 3.05) is 13.8 Å². The summed E-state index contributed by atoms with van der Waals surface area (Å²) in [6, 6.07) is 21.0. The Balaban J connectivity index is 1.46. The van der Waals surface area contributed by atoms with Crippen LogP contribution in [0, 0.1) is 10.1 Å². The van der Waals surface area contributed by atoms with E-state index in [9.17, 15) is 19.7 Å². The van der Waals surface area contributed by atoms with Crippen molar-refractivity contribution in [2.45, 2.75) is 52.6 Å². The molecule has 1 atom stereocenters. The zero-order valence-corrected chi connectivity index (χ0v) is 28.9. The Kier molecular flexibility index (Phi) is 13.7. The molecular weight excluding hydrogens is 686 g/mol. The number of nitrogens with zero attached hydrogens (tertiary/aromatic N) is 5. The summed E-state index contributed by atoms with van der Waals surface area (Å²) in [6.07, 6.45) is 0.545. The van der Waals surface area contributed by atoms with E-state index in [4.69, 9.17) is 42.1 Å². The van der Waals surface area contributed by atoms with Gasteiger partial charge in [0.1, 0.15) is 18.2 Å². The summed E-state index contributed by atoms with van der Waals surface area (Å²) in [5, 5.41) is 14.6. The fourth-order valence-corrected chi connectivity index (χ4v) is 5.12. The summed E-state index contributed by atoms with van der Waals surface area (Å²) in [5.41, 5.74) is 9.75. The molecule has 0 aliphatic rings. The van der Waals surface area contributed by atoms with E-state index in [1.165, 1.54) is 19.2 Å². The molecule has 0 saturated carbocycles. The van der Waals surface area contributed by atoms with Crippen molar-refractivity contribution in [2.24, 2.45) is 16.7 Å². The Bertz CT molecular complexity index is 1850. The maximum absolute atomic E-state index is 13.0. The van der Waals surface area contributed by atoms with Crippen molar-refractivity contribution in [1.29, 1.82) is 0 Å². The average molecular weight is 724 g/mol. The number of esters is 1. The molecule has 17 heteroatoms. The lowest BCUT2D eigenvalue weighted by atomic mass is 9.98. The van der Waals surface area contributed by atoms with Gasteiger partial charge in [0.05, 0.1) is 0 Å². The molecule has 0 aliphatic carbocycles. The number of amidine groups is 1. The second-order valence-corrected chi connectivity index (χ2v) is 11.3. The smallest absolute Gasteiger partial charge is 0.431 e. The van der Waals surface area contributed by atoms with Crippen LogP contribution in [0.2, 0.25) is 5.15 Å². The third-order valence-electron chi connectivity index (χ3n) is 7.41. The van der Waals surface area contributed by atoms with Gasteiger partial charge in [-0.1, -0.05) is 91.7 Å². The van der Waals surface area contributed by atoms with E-state index in [0.717, 1.165) is 34.6 Å². The highest BCUT2D eigenvalue weighted by Crippen LogP contribution is 2.27. The van der Waals surface area contributed by atoms with E-state index in [1.807, 2.05) is 36.4 Å². The molecule has 0 spiro atoms. The van der Waals surface area contributed by atoms with E-state index in [0.29, 0.717) is 24.4 Å². The second kappa shape index (κ2) is 18.3. The van der Waals surface area contributed by atoms with Crippen LogP contribution in [0.4, 0.5) is 4.79 Å². The molecule has 0 bridgehead atoms. The van der Waals surface area contributed by atoms with E-state index < -0.39 is 36.8 Å². The van der Waals surface area contributed by atoms with Crippen LogP contribution in [-0.2, 0) is 38.6 Å². The summed E-state index contributed by atoms with van der Waals surface area (Å²) in [4.78, 5) is 44.7. The van der Waals surface area contributed by atoms with Gasteiger partial charge in [-0.2, -0.15) is 5.12 Å². The number of rotatable bonds is 17. The average Bonchev–Trinajstić information content (AvgIpc) is 3.43. The Morgan fingerprint density at radius 2 is 1.80 bits per heavy atom. The number of benzene rings is 3. The van der Waals surface area contributed by atoms with E-state index >= 15 is 0 Å². The number of hydrazine groups is 1. The minimum Gasteiger partial charge on any atom is -0.431 e. The molecule has 51 heavy (non-hydrogen) atoms. The van der Waals surface area contributed by atoms with Gasteiger partial charge in [-0.25, -0.2) is 20.4 Å². The first kappa shape index (κ1) is 38.1. The zero-order valence-electron chi connectivity index (χ0n) is 28.2. The quantitative estimate of drug-likeness (QED) is 0.0204. The number of carbonyl (C=O) groups excluding carboxylic acids is 2. The lowest BCUT2D eigenvalue weighted by molar-refractivity contribution is -0.763. The van der Waals surface area contributed by atoms with Crippen molar-refractivity contribution < 1.29 is 38.5 Å². The molecule has 4 N–H and O–H groups in total. The van der Waals surface area contributed by atoms with Crippen LogP contribution in [0.25, 0.3) is 11.1 Å². The van der Waals surface area contributed by atoms with Crippen LogP contribution in [0.15, 0.2) is 77.9 Å². The minimum absolute atomic E-state index is 0.0151. The highest BCUT2D eigenvalue weighted by molar-refractivity contribution is 6.32. The van der Waals surface area contributed by atoms with Crippen LogP contribution in [0.5, 0.6) is 5.75 Å². The summed E-state index contributed by atoms with van der Waals surface area (Å²) < 4.78 is 22.4. The number of unbranched alkanes of at least 4 members (excludes halogenated alkanes) is 1. The van der Waals surface area contributed by atoms with Crippen LogP contribution < -0.4 is 16.3 Å². The van der Waals surface area contributed by atoms with Crippen molar-refractivity contribution in [1.82, 2.24) is 14.7 Å². The molecule has 0 fully saturated rings. The predicted molar refractivity (Wildman–Crippen MR) is 186 cm³/mol. The Morgan fingerprint density at radius 1 is 1.10 bits per heavy atom. The summed E-state index contributed by atoms with van der Waals surface area (Å²) >= 11 is 6.44. The number of hydrogen-bond acceptors (Lipinski definition) is 13. The highest BCUT2D eigenvalue weighted by atomic mass is 35.5. The Labute approximate surface area is 298 Å². The molecule has 0 radical (unpaired) electrons. The van der Waals surface area contributed by atoms with Gasteiger partial charge in [0.15, 0.2) is 29.7 Å². The van der Waals surface area contributed by atoms with Gasteiger partial charge in [0.25, 0.3) is 5.09 Å². The number of methoxy groups -OCH3 is 1. The fraction of sp³-hybridized carbons (Fsp3) is 0.294. The van der Waals surface area contributed by atoms with Crippen molar-refractivity contribution >= 4 is 29.6 Å². The number of hydrazone groups is 1. The predicted octanol–water partition coefficient (Wildman–Crippen LogP) is 5.42. The number of hydrogen-bond donors (Lipinski definition) is 2. The number of aryl methyl sites for hydroxylation is 1. The molecule has 4 aromatic rings. The molecular formula is C34H38ClN7O9. The van der Waals surface area contributed by atoms with E-state index in [2.05, 4.69) is 21.8 Å². The van der Waals surface area contributed by atoms with Gasteiger partial charge < -0.3 is 34.1 Å². The standard InChI is InChI=1S/C34H38ClN7O9/c1-4-5-14-29-38-31(35)30(33(43)50-22(2)47-3)40(29)19-23-15-17-24(18-16-23)26-11-7-8-12-27(26)32(36)39-41(37)21-48-34(44)51-28-13-9-6-10-25(28)20-49-42(45)46/h6-13,15-18,22H,4-5,14,19-21,37H2,1-3H3,(H2,36,39). The molecule has 0 aliphatic heterocycles. The SMILES string of the molecule is CCCCc1nc(Cl)c(C(=O)OC(C)OC)n1Cc1ccc(-c2ccccc2/C(N)=N/N(N)COC(=O)Oc2ccccc2CO[N+](=O)[O-])cc1. The van der Waals surface area contributed by atoms with Gasteiger partial charge in [-0.3, -0.25) is 0 Å². The molecule has 3 aromatic carbocycles. The molecule has 1 unspecified atom stereocenters. The van der Waals surface area contributed by atoms with E-state index in [1.54, 1.807) is 35.8 Å². The first-order valence-electron chi connectivity index (χ1n) is 15.7. The number of imidazole rings is 1. The molecule has 0 amide bonds. The first-order chi connectivity index (χ1) is 24.5. The molecule has 0 saturated heterocycles. The third kappa shape index (κ3) is 10.6. The normalized spacial score (nSPS) is 11.8. The number of ether oxygens (including phenoxy) is 4. The van der Waals surface area contributed by atoms with Crippen LogP contribution in [-0.4, -0.2) is 57.8 Å². The lowest BCUT2D eigenvalue weighted by Gasteiger charge is -2.16. The number of nitrogens with two attached hydrogens (primary N) is 2. The summed E-state index contributed by atoms with van der Waals surface area (Å²) in [7, 11) is 1.44. The number of para-hydroxylation sites is 1. The van der Waals surface area contributed by atoms with Crippen molar-refractivity contribution in [3.63, 3.8) is 0 Å². The van der Waals surface area contributed by atoms with Gasteiger partial charge >= 0.3 is 12.1 Å². The summed E-state index contributed by atoms with van der Waals surface area (Å²) in [5.74, 6) is 6.04. The highest BCUT2D eigenvalue weighted by Gasteiger charge is 2.25. The van der Waals surface area contributed by atoms with Gasteiger partial charge in [-0.15, -0.1) is 15.2 Å². The zero-order chi connectivity index (χ0) is 36.9. The van der Waals surface area contributed by atoms with Crippen molar-refractivity contribution in [3.05, 3.63) is 116 Å². The summed E-state index contributed by atoms with van der Waals surface area (Å²) in [6.45, 7) is 3.05. The Morgan fingerprint density at radius 3 is 2.51 bits per heavy atom. The third-order valence-corrected chi connectivity index (χ3v) is 7.67. The maximum Gasteiger partial charge on any atom is 0.515 e. The van der Waals surface area contributed by atoms with Gasteiger partial charge in [0, 0.05) is 31.2 Å². The molecule has 16 nitrogen and oxygen atoms in total. The minimum atomic E-state index is -1.13. The maximum atomic E-state index is 13.0. The Hall–Kier alpha value is -5.71. The molecule has 1 heterocycles. The van der Waals surface area contributed by atoms with E-state index in [-0.39, 0.29) is 28.0 Å². The van der Waals surface area contributed by atoms with Crippen LogP contribution in [0.1, 0.15) is 59.7 Å². The van der Waals surface area contributed by atoms with Crippen molar-refractivity contribution in [3.8, 4) is 16.9 Å². The van der Waals surface area contributed by atoms with Gasteiger partial charge in [-0.05, 0) is 36.1 Å². The topological polar surface area (TPSA) is 209 Å². The second-order valence-electron chi connectivity index (χ2n) is 11.0.